The Kier molecular flexibility index (Phi) is 5.67. The molecule has 0 bridgehead atoms. The molecule has 140 valence electrons. The third-order valence-electron chi connectivity index (χ3n) is 4.25. The van der Waals surface area contributed by atoms with Crippen LogP contribution in [0.2, 0.25) is 0 Å². The molecule has 2 heterocycles. The average Bonchev–Trinajstić information content (AvgIpc) is 3.16. The summed E-state index contributed by atoms with van der Waals surface area (Å²) in [7, 11) is -3.76. The van der Waals surface area contributed by atoms with Gasteiger partial charge in [0.1, 0.15) is 23.8 Å². The van der Waals surface area contributed by atoms with E-state index in [1.807, 2.05) is 6.07 Å². The van der Waals surface area contributed by atoms with E-state index >= 15 is 0 Å². The largest absolute Gasteiger partial charge is 0.369 e. The number of nitrogens with zero attached hydrogens (tertiary/aromatic N) is 3. The van der Waals surface area contributed by atoms with Gasteiger partial charge in [-0.15, -0.1) is 0 Å². The first kappa shape index (κ1) is 18.5. The minimum Gasteiger partial charge on any atom is -0.369 e. The van der Waals surface area contributed by atoms with Gasteiger partial charge >= 0.3 is 0 Å². The van der Waals surface area contributed by atoms with Gasteiger partial charge in [-0.25, -0.2) is 27.5 Å². The van der Waals surface area contributed by atoms with E-state index in [-0.39, 0.29) is 11.4 Å². The molecule has 3 rings (SSSR count). The van der Waals surface area contributed by atoms with Crippen molar-refractivity contribution in [1.82, 2.24) is 14.7 Å². The van der Waals surface area contributed by atoms with Gasteiger partial charge in [-0.3, -0.25) is 0 Å². The molecule has 2 N–H and O–H groups in total. The summed E-state index contributed by atoms with van der Waals surface area (Å²) in [5.74, 6) is 0.934. The third-order valence-corrected chi connectivity index (χ3v) is 5.85. The molecule has 7 nitrogen and oxygen atoms in total. The summed E-state index contributed by atoms with van der Waals surface area (Å²) in [6, 6.07) is 5.57. The van der Waals surface area contributed by atoms with Crippen LogP contribution in [-0.4, -0.2) is 44.6 Å². The van der Waals surface area contributed by atoms with Crippen LogP contribution in [-0.2, 0) is 10.0 Å². The topological polar surface area (TPSA) is 87.2 Å². The molecular formula is C17H22FN5O2S. The van der Waals surface area contributed by atoms with Gasteiger partial charge in [0.05, 0.1) is 4.90 Å². The number of sulfonamides is 1. The van der Waals surface area contributed by atoms with Gasteiger partial charge in [0.15, 0.2) is 0 Å². The zero-order valence-corrected chi connectivity index (χ0v) is 15.4. The highest BCUT2D eigenvalue weighted by Gasteiger charge is 2.17. The second-order valence-corrected chi connectivity index (χ2v) is 7.93. The summed E-state index contributed by atoms with van der Waals surface area (Å²) < 4.78 is 40.4. The van der Waals surface area contributed by atoms with E-state index in [0.717, 1.165) is 37.8 Å². The smallest absolute Gasteiger partial charge is 0.240 e. The molecule has 1 fully saturated rings. The molecular weight excluding hydrogens is 357 g/mol. The first-order valence-corrected chi connectivity index (χ1v) is 10.0. The normalized spacial score (nSPS) is 14.6. The Balaban J connectivity index is 1.55. The number of aromatic nitrogens is 2. The van der Waals surface area contributed by atoms with Crippen LogP contribution in [0.5, 0.6) is 0 Å². The number of hydrogen-bond acceptors (Lipinski definition) is 6. The van der Waals surface area contributed by atoms with Crippen molar-refractivity contribution in [2.24, 2.45) is 0 Å². The Morgan fingerprint density at radius 3 is 2.69 bits per heavy atom. The highest BCUT2D eigenvalue weighted by Crippen LogP contribution is 2.19. The van der Waals surface area contributed by atoms with Crippen molar-refractivity contribution in [2.45, 2.75) is 24.7 Å². The summed E-state index contributed by atoms with van der Waals surface area (Å²) in [5.41, 5.74) is 0.498. The second-order valence-electron chi connectivity index (χ2n) is 6.19. The molecule has 0 spiro atoms. The highest BCUT2D eigenvalue weighted by atomic mass is 32.2. The van der Waals surface area contributed by atoms with Crippen molar-refractivity contribution in [2.75, 3.05) is 36.4 Å². The van der Waals surface area contributed by atoms with Crippen LogP contribution in [0.1, 0.15) is 18.4 Å². The van der Waals surface area contributed by atoms with Crippen LogP contribution < -0.4 is 14.9 Å². The first-order valence-electron chi connectivity index (χ1n) is 8.52. The minimum atomic E-state index is -3.76. The van der Waals surface area contributed by atoms with Crippen LogP contribution in [0.3, 0.4) is 0 Å². The van der Waals surface area contributed by atoms with Gasteiger partial charge in [-0.2, -0.15) is 0 Å². The molecule has 1 aliphatic rings. The number of benzene rings is 1. The van der Waals surface area contributed by atoms with Gasteiger partial charge < -0.3 is 10.2 Å². The van der Waals surface area contributed by atoms with Crippen LogP contribution in [0.4, 0.5) is 16.0 Å². The average molecular weight is 379 g/mol. The van der Waals surface area contributed by atoms with E-state index in [9.17, 15) is 12.8 Å². The number of rotatable bonds is 7. The van der Waals surface area contributed by atoms with Gasteiger partial charge in [-0.1, -0.05) is 6.07 Å². The van der Waals surface area contributed by atoms with Crippen molar-refractivity contribution in [3.63, 3.8) is 0 Å². The maximum absolute atomic E-state index is 13.3. The van der Waals surface area contributed by atoms with Crippen molar-refractivity contribution >= 4 is 21.7 Å². The highest BCUT2D eigenvalue weighted by molar-refractivity contribution is 7.89. The summed E-state index contributed by atoms with van der Waals surface area (Å²) in [4.78, 5) is 10.6. The third kappa shape index (κ3) is 4.47. The lowest BCUT2D eigenvalue weighted by Crippen LogP contribution is -2.29. The fourth-order valence-corrected chi connectivity index (χ4v) is 4.17. The Morgan fingerprint density at radius 2 is 1.92 bits per heavy atom. The van der Waals surface area contributed by atoms with Gasteiger partial charge in [0.25, 0.3) is 0 Å². The van der Waals surface area contributed by atoms with E-state index in [0.29, 0.717) is 17.9 Å². The number of aryl methyl sites for hydroxylation is 1. The van der Waals surface area contributed by atoms with Crippen LogP contribution in [0, 0.1) is 12.7 Å². The molecule has 2 aromatic rings. The first-order chi connectivity index (χ1) is 12.5. The summed E-state index contributed by atoms with van der Waals surface area (Å²) in [5, 5.41) is 3.08. The van der Waals surface area contributed by atoms with E-state index in [4.69, 9.17) is 0 Å². The van der Waals surface area contributed by atoms with Crippen LogP contribution in [0.25, 0.3) is 0 Å². The van der Waals surface area contributed by atoms with E-state index < -0.39 is 15.8 Å². The van der Waals surface area contributed by atoms with Crippen molar-refractivity contribution in [1.29, 1.82) is 0 Å². The Labute approximate surface area is 152 Å². The predicted molar refractivity (Wildman–Crippen MR) is 98.3 cm³/mol. The molecule has 0 aliphatic carbocycles. The monoisotopic (exact) mass is 379 g/mol. The molecule has 0 saturated carbocycles. The molecule has 26 heavy (non-hydrogen) atoms. The molecule has 0 unspecified atom stereocenters. The second kappa shape index (κ2) is 7.96. The number of nitrogens with one attached hydrogen (secondary N) is 2. The summed E-state index contributed by atoms with van der Waals surface area (Å²) in [6.45, 7) is 4.12. The zero-order valence-electron chi connectivity index (χ0n) is 14.6. The molecule has 1 aromatic carbocycles. The van der Waals surface area contributed by atoms with Gasteiger partial charge in [0.2, 0.25) is 10.0 Å². The van der Waals surface area contributed by atoms with Gasteiger partial charge in [-0.05, 0) is 37.5 Å². The SMILES string of the molecule is Cc1ccc(F)cc1S(=O)(=O)NCCNc1cc(N2CCCC2)ncn1. The maximum Gasteiger partial charge on any atom is 0.240 e. The Hall–Kier alpha value is -2.26. The summed E-state index contributed by atoms with van der Waals surface area (Å²) >= 11 is 0. The fraction of sp³-hybridized carbons (Fsp3) is 0.412. The maximum atomic E-state index is 13.3. The predicted octanol–water partition coefficient (Wildman–Crippen LogP) is 1.91. The van der Waals surface area contributed by atoms with Crippen LogP contribution in [0.15, 0.2) is 35.5 Å². The molecule has 1 aliphatic heterocycles. The minimum absolute atomic E-state index is 0.0455. The van der Waals surface area contributed by atoms with Crippen LogP contribution >= 0.6 is 0 Å². The van der Waals surface area contributed by atoms with Crippen molar-refractivity contribution in [3.05, 3.63) is 42.0 Å². The molecule has 0 atom stereocenters. The standard InChI is InChI=1S/C17H22FN5O2S/c1-13-4-5-14(18)10-15(13)26(24,25)22-7-6-19-16-11-17(21-12-20-16)23-8-2-3-9-23/h4-5,10-12,22H,2-3,6-9H2,1H3,(H,19,20,21). The molecule has 0 radical (unpaired) electrons. The molecule has 1 saturated heterocycles. The Bertz CT molecular complexity index is 869. The molecule has 1 aromatic heterocycles. The lowest BCUT2D eigenvalue weighted by atomic mass is 10.2. The van der Waals surface area contributed by atoms with Crippen molar-refractivity contribution < 1.29 is 12.8 Å². The Morgan fingerprint density at radius 1 is 1.15 bits per heavy atom. The zero-order chi connectivity index (χ0) is 18.6. The molecule has 9 heteroatoms. The van der Waals surface area contributed by atoms with E-state index in [2.05, 4.69) is 24.9 Å². The van der Waals surface area contributed by atoms with E-state index in [1.54, 1.807) is 6.92 Å². The lowest BCUT2D eigenvalue weighted by Gasteiger charge is -2.16. The lowest BCUT2D eigenvalue weighted by molar-refractivity contribution is 0.578. The summed E-state index contributed by atoms with van der Waals surface area (Å²) in [6.07, 6.45) is 3.82. The number of halogens is 1. The van der Waals surface area contributed by atoms with E-state index in [1.165, 1.54) is 18.5 Å². The quantitative estimate of drug-likeness (QED) is 0.715. The van der Waals surface area contributed by atoms with Gasteiger partial charge in [0, 0.05) is 32.2 Å². The number of anilines is 2. The van der Waals surface area contributed by atoms with Crippen molar-refractivity contribution in [3.8, 4) is 0 Å². The molecule has 0 amide bonds. The fourth-order valence-electron chi connectivity index (χ4n) is 2.88. The number of hydrogen-bond donors (Lipinski definition) is 2.